The molecule has 1 fully saturated rings. The van der Waals surface area contributed by atoms with Crippen LogP contribution in [0.25, 0.3) is 0 Å². The van der Waals surface area contributed by atoms with Crippen LogP contribution in [0, 0.1) is 0 Å². The topological polar surface area (TPSA) is 79.0 Å². The molecule has 0 spiro atoms. The van der Waals surface area contributed by atoms with Crippen LogP contribution in [0.15, 0.2) is 53.4 Å². The molecule has 1 saturated heterocycles. The molecule has 1 amide bonds. The number of nitrogens with one attached hydrogen (secondary N) is 1. The molecular weight excluding hydrogens is 402 g/mol. The van der Waals surface area contributed by atoms with Crippen molar-refractivity contribution in [1.29, 1.82) is 0 Å². The lowest BCUT2D eigenvalue weighted by molar-refractivity contribution is -0.130. The number of methoxy groups -OCH3 is 1. The number of carbonyl (C=O) groups excluding carboxylic acids is 1. The third-order valence-corrected chi connectivity index (χ3v) is 6.85. The molecule has 2 aromatic carbocycles. The molecule has 1 aliphatic rings. The van der Waals surface area contributed by atoms with Gasteiger partial charge in [0.05, 0.1) is 12.0 Å². The normalized spacial score (nSPS) is 15.0. The number of anilines is 1. The predicted octanol–water partition coefficient (Wildman–Crippen LogP) is 2.27. The van der Waals surface area contributed by atoms with E-state index in [-0.39, 0.29) is 10.8 Å². The van der Waals surface area contributed by atoms with Crippen LogP contribution in [0.5, 0.6) is 5.75 Å². The summed E-state index contributed by atoms with van der Waals surface area (Å²) in [6.07, 6.45) is 1.94. The SMILES string of the molecule is CNS(=O)(=O)c1ccc(CCC(=O)N2CCCN(c3ccc(OC)cc3)CC2)cc1. The quantitative estimate of drug-likeness (QED) is 0.728. The Labute approximate surface area is 178 Å². The first-order valence-electron chi connectivity index (χ1n) is 10.1. The van der Waals surface area contributed by atoms with E-state index < -0.39 is 10.0 Å². The zero-order valence-corrected chi connectivity index (χ0v) is 18.3. The maximum atomic E-state index is 12.7. The first kappa shape index (κ1) is 22.1. The Bertz CT molecular complexity index is 943. The van der Waals surface area contributed by atoms with Crippen molar-refractivity contribution in [3.05, 3.63) is 54.1 Å². The summed E-state index contributed by atoms with van der Waals surface area (Å²) in [7, 11) is -0.393. The average Bonchev–Trinajstić information content (AvgIpc) is 3.04. The van der Waals surface area contributed by atoms with Gasteiger partial charge in [-0.25, -0.2) is 13.1 Å². The Morgan fingerprint density at radius 2 is 1.70 bits per heavy atom. The number of nitrogens with zero attached hydrogens (tertiary/aromatic N) is 2. The van der Waals surface area contributed by atoms with Gasteiger partial charge in [-0.15, -0.1) is 0 Å². The van der Waals surface area contributed by atoms with Crippen molar-refractivity contribution in [2.24, 2.45) is 0 Å². The van der Waals surface area contributed by atoms with Crippen molar-refractivity contribution in [2.45, 2.75) is 24.2 Å². The van der Waals surface area contributed by atoms with Crippen molar-refractivity contribution < 1.29 is 17.9 Å². The number of hydrogen-bond donors (Lipinski definition) is 1. The minimum absolute atomic E-state index is 0.138. The Kier molecular flexibility index (Phi) is 7.33. The lowest BCUT2D eigenvalue weighted by atomic mass is 10.1. The molecule has 0 radical (unpaired) electrons. The Hall–Kier alpha value is -2.58. The molecule has 1 heterocycles. The van der Waals surface area contributed by atoms with E-state index >= 15 is 0 Å². The first-order chi connectivity index (χ1) is 14.4. The Morgan fingerprint density at radius 3 is 2.33 bits per heavy atom. The third-order valence-electron chi connectivity index (χ3n) is 5.42. The van der Waals surface area contributed by atoms with Crippen LogP contribution in [-0.2, 0) is 21.2 Å². The second-order valence-electron chi connectivity index (χ2n) is 7.27. The molecular formula is C22H29N3O4S. The maximum absolute atomic E-state index is 12.7. The highest BCUT2D eigenvalue weighted by Gasteiger charge is 2.19. The molecule has 0 bridgehead atoms. The van der Waals surface area contributed by atoms with Gasteiger partial charge in [0.2, 0.25) is 15.9 Å². The van der Waals surface area contributed by atoms with E-state index in [4.69, 9.17) is 4.74 Å². The van der Waals surface area contributed by atoms with Crippen LogP contribution in [0.1, 0.15) is 18.4 Å². The monoisotopic (exact) mass is 431 g/mol. The summed E-state index contributed by atoms with van der Waals surface area (Å²) in [5.74, 6) is 0.973. The zero-order chi connectivity index (χ0) is 21.6. The molecule has 8 heteroatoms. The molecule has 0 unspecified atom stereocenters. The van der Waals surface area contributed by atoms with Gasteiger partial charge in [0.15, 0.2) is 0 Å². The lowest BCUT2D eigenvalue weighted by Crippen LogP contribution is -2.35. The van der Waals surface area contributed by atoms with Gasteiger partial charge in [-0.2, -0.15) is 0 Å². The predicted molar refractivity (Wildman–Crippen MR) is 117 cm³/mol. The van der Waals surface area contributed by atoms with Crippen LogP contribution in [-0.4, -0.2) is 59.6 Å². The third kappa shape index (κ3) is 5.52. The fraction of sp³-hybridized carbons (Fsp3) is 0.409. The molecule has 2 aromatic rings. The number of carbonyl (C=O) groups is 1. The number of ether oxygens (including phenoxy) is 1. The maximum Gasteiger partial charge on any atom is 0.240 e. The van der Waals surface area contributed by atoms with Crippen LogP contribution in [0.4, 0.5) is 5.69 Å². The molecule has 0 atom stereocenters. The van der Waals surface area contributed by atoms with Crippen LogP contribution >= 0.6 is 0 Å². The number of benzene rings is 2. The van der Waals surface area contributed by atoms with Gasteiger partial charge < -0.3 is 14.5 Å². The molecule has 162 valence electrons. The first-order valence-corrected chi connectivity index (χ1v) is 11.6. The summed E-state index contributed by atoms with van der Waals surface area (Å²) in [5, 5.41) is 0. The molecule has 0 saturated carbocycles. The van der Waals surface area contributed by atoms with Crippen molar-refractivity contribution >= 4 is 21.6 Å². The Morgan fingerprint density at radius 1 is 1.00 bits per heavy atom. The number of hydrogen-bond acceptors (Lipinski definition) is 5. The van der Waals surface area contributed by atoms with Crippen molar-refractivity contribution in [3.63, 3.8) is 0 Å². The summed E-state index contributed by atoms with van der Waals surface area (Å²) in [6.45, 7) is 3.17. The van der Waals surface area contributed by atoms with Gasteiger partial charge in [0.25, 0.3) is 0 Å². The molecule has 30 heavy (non-hydrogen) atoms. The Balaban J connectivity index is 1.52. The largest absolute Gasteiger partial charge is 0.497 e. The van der Waals surface area contributed by atoms with Crippen LogP contribution in [0.2, 0.25) is 0 Å². The second kappa shape index (κ2) is 9.95. The molecule has 3 rings (SSSR count). The van der Waals surface area contributed by atoms with E-state index in [0.717, 1.165) is 43.1 Å². The highest BCUT2D eigenvalue weighted by atomic mass is 32.2. The molecule has 1 aliphatic heterocycles. The van der Waals surface area contributed by atoms with E-state index in [2.05, 4.69) is 9.62 Å². The van der Waals surface area contributed by atoms with Gasteiger partial charge in [0.1, 0.15) is 5.75 Å². The van der Waals surface area contributed by atoms with Crippen molar-refractivity contribution in [1.82, 2.24) is 9.62 Å². The fourth-order valence-corrected chi connectivity index (χ4v) is 4.31. The second-order valence-corrected chi connectivity index (χ2v) is 9.16. The van der Waals surface area contributed by atoms with Gasteiger partial charge in [0, 0.05) is 38.3 Å². The molecule has 0 aliphatic carbocycles. The number of amides is 1. The minimum atomic E-state index is -3.44. The van der Waals surface area contributed by atoms with E-state index in [0.29, 0.717) is 19.4 Å². The standard InChI is InChI=1S/C22H29N3O4S/c1-23-30(27,28)21-11-4-18(5-12-21)6-13-22(26)25-15-3-14-24(16-17-25)19-7-9-20(29-2)10-8-19/h4-5,7-12,23H,3,6,13-17H2,1-2H3. The summed E-state index contributed by atoms with van der Waals surface area (Å²) >= 11 is 0. The van der Waals surface area contributed by atoms with Crippen molar-refractivity contribution in [3.8, 4) is 5.75 Å². The number of sulfonamides is 1. The highest BCUT2D eigenvalue weighted by molar-refractivity contribution is 7.89. The number of aryl methyl sites for hydroxylation is 1. The molecule has 7 nitrogen and oxygen atoms in total. The highest BCUT2D eigenvalue weighted by Crippen LogP contribution is 2.21. The fourth-order valence-electron chi connectivity index (χ4n) is 3.58. The lowest BCUT2D eigenvalue weighted by Gasteiger charge is -2.24. The van der Waals surface area contributed by atoms with Crippen LogP contribution < -0.4 is 14.4 Å². The van der Waals surface area contributed by atoms with Crippen LogP contribution in [0.3, 0.4) is 0 Å². The van der Waals surface area contributed by atoms with Crippen molar-refractivity contribution in [2.75, 3.05) is 45.2 Å². The minimum Gasteiger partial charge on any atom is -0.497 e. The van der Waals surface area contributed by atoms with Gasteiger partial charge in [-0.3, -0.25) is 4.79 Å². The van der Waals surface area contributed by atoms with Gasteiger partial charge in [-0.05, 0) is 61.9 Å². The average molecular weight is 432 g/mol. The summed E-state index contributed by atoms with van der Waals surface area (Å²) < 4.78 is 31.1. The number of rotatable bonds is 7. The van der Waals surface area contributed by atoms with E-state index in [1.807, 2.05) is 29.2 Å². The zero-order valence-electron chi connectivity index (χ0n) is 17.5. The summed E-state index contributed by atoms with van der Waals surface area (Å²) in [4.78, 5) is 17.2. The van der Waals surface area contributed by atoms with E-state index in [9.17, 15) is 13.2 Å². The van der Waals surface area contributed by atoms with E-state index in [1.165, 1.54) is 7.05 Å². The van der Waals surface area contributed by atoms with Gasteiger partial charge in [-0.1, -0.05) is 12.1 Å². The smallest absolute Gasteiger partial charge is 0.240 e. The van der Waals surface area contributed by atoms with E-state index in [1.54, 1.807) is 31.4 Å². The summed E-state index contributed by atoms with van der Waals surface area (Å²) in [6, 6.07) is 14.7. The molecule has 1 N–H and O–H groups in total. The van der Waals surface area contributed by atoms with Gasteiger partial charge >= 0.3 is 0 Å². The molecule has 0 aromatic heterocycles. The summed E-state index contributed by atoms with van der Waals surface area (Å²) in [5.41, 5.74) is 2.09.